The standard InChI is InChI=1S/C26H33ClN8O3/c1-4-9-29-26(37)33-12-13-35(23-15-22(27)31-25(32-23)34-11-10-28-17-34)20(16-33)14-24(36)30-19(3)38-21-7-5-18(2)6-8-21/h5-8,10-11,15,17,19-20H,4,9,12-14,16H2,1-3H3,(H,29,37)(H,30,36). The van der Waals surface area contributed by atoms with Crippen molar-refractivity contribution in [1.29, 1.82) is 0 Å². The Morgan fingerprint density at radius 2 is 2.00 bits per heavy atom. The van der Waals surface area contributed by atoms with Crippen molar-refractivity contribution in [3.63, 3.8) is 0 Å². The zero-order chi connectivity index (χ0) is 27.1. The molecule has 1 saturated heterocycles. The van der Waals surface area contributed by atoms with E-state index in [2.05, 4.69) is 25.6 Å². The van der Waals surface area contributed by atoms with Crippen LogP contribution in [0.4, 0.5) is 10.6 Å². The second-order valence-corrected chi connectivity index (χ2v) is 9.58. The molecule has 11 nitrogen and oxygen atoms in total. The number of carbonyl (C=O) groups is 2. The van der Waals surface area contributed by atoms with Crippen LogP contribution in [0, 0.1) is 6.92 Å². The van der Waals surface area contributed by atoms with Gasteiger partial charge in [-0.3, -0.25) is 9.36 Å². The van der Waals surface area contributed by atoms with Gasteiger partial charge in [-0.05, 0) is 32.4 Å². The number of amides is 3. The maximum atomic E-state index is 13.1. The first-order valence-corrected chi connectivity index (χ1v) is 13.0. The molecule has 2 N–H and O–H groups in total. The van der Waals surface area contributed by atoms with Gasteiger partial charge in [0.1, 0.15) is 23.0 Å². The fraction of sp³-hybridized carbons (Fsp3) is 0.423. The van der Waals surface area contributed by atoms with E-state index >= 15 is 0 Å². The third-order valence-electron chi connectivity index (χ3n) is 6.11. The molecule has 1 fully saturated rings. The number of hydrogen-bond acceptors (Lipinski definition) is 7. The number of piperazine rings is 1. The van der Waals surface area contributed by atoms with Gasteiger partial charge in [0.05, 0.1) is 6.04 Å². The van der Waals surface area contributed by atoms with Gasteiger partial charge in [0, 0.05) is 51.1 Å². The second-order valence-electron chi connectivity index (χ2n) is 9.19. The minimum atomic E-state index is -0.535. The number of rotatable bonds is 9. The van der Waals surface area contributed by atoms with Crippen LogP contribution in [-0.4, -0.2) is 74.8 Å². The van der Waals surface area contributed by atoms with Gasteiger partial charge in [-0.2, -0.15) is 4.98 Å². The molecule has 1 aliphatic heterocycles. The lowest BCUT2D eigenvalue weighted by Gasteiger charge is -2.42. The van der Waals surface area contributed by atoms with Crippen molar-refractivity contribution in [2.75, 3.05) is 31.1 Å². The average molecular weight is 541 g/mol. The number of aromatic nitrogens is 4. The Morgan fingerprint density at radius 3 is 2.71 bits per heavy atom. The molecule has 2 atom stereocenters. The van der Waals surface area contributed by atoms with Crippen LogP contribution >= 0.6 is 11.6 Å². The molecule has 3 heterocycles. The summed E-state index contributed by atoms with van der Waals surface area (Å²) in [6, 6.07) is 8.81. The first kappa shape index (κ1) is 27.2. The largest absolute Gasteiger partial charge is 0.471 e. The number of hydrogen-bond donors (Lipinski definition) is 2. The zero-order valence-electron chi connectivity index (χ0n) is 21.8. The lowest BCUT2D eigenvalue weighted by Crippen LogP contribution is -2.58. The van der Waals surface area contributed by atoms with Crippen molar-refractivity contribution in [3.8, 4) is 11.7 Å². The van der Waals surface area contributed by atoms with E-state index < -0.39 is 6.23 Å². The Balaban J connectivity index is 1.50. The Labute approximate surface area is 227 Å². The zero-order valence-corrected chi connectivity index (χ0v) is 22.6. The van der Waals surface area contributed by atoms with Gasteiger partial charge >= 0.3 is 6.03 Å². The molecule has 1 aromatic carbocycles. The molecular weight excluding hydrogens is 508 g/mol. The fourth-order valence-corrected chi connectivity index (χ4v) is 4.42. The summed E-state index contributed by atoms with van der Waals surface area (Å²) in [6.07, 6.45) is 5.38. The van der Waals surface area contributed by atoms with E-state index in [1.54, 1.807) is 41.2 Å². The SMILES string of the molecule is CCCNC(=O)N1CCN(c2cc(Cl)nc(-n3ccnc3)n2)C(CC(=O)NC(C)Oc2ccc(C)cc2)C1. The first-order valence-electron chi connectivity index (χ1n) is 12.7. The van der Waals surface area contributed by atoms with Gasteiger partial charge < -0.3 is 25.2 Å². The number of nitrogens with one attached hydrogen (secondary N) is 2. The van der Waals surface area contributed by atoms with Crippen molar-refractivity contribution in [2.45, 2.75) is 45.9 Å². The number of aryl methyl sites for hydroxylation is 1. The topological polar surface area (TPSA) is 118 Å². The summed E-state index contributed by atoms with van der Waals surface area (Å²) in [5, 5.41) is 6.10. The molecule has 12 heteroatoms. The summed E-state index contributed by atoms with van der Waals surface area (Å²) < 4.78 is 7.51. The summed E-state index contributed by atoms with van der Waals surface area (Å²) in [7, 11) is 0. The Morgan fingerprint density at radius 1 is 1.21 bits per heavy atom. The molecule has 0 bridgehead atoms. The predicted molar refractivity (Wildman–Crippen MR) is 145 cm³/mol. The molecule has 38 heavy (non-hydrogen) atoms. The van der Waals surface area contributed by atoms with Crippen molar-refractivity contribution < 1.29 is 14.3 Å². The van der Waals surface area contributed by atoms with E-state index in [9.17, 15) is 9.59 Å². The van der Waals surface area contributed by atoms with E-state index in [4.69, 9.17) is 16.3 Å². The van der Waals surface area contributed by atoms with Crippen LogP contribution in [0.2, 0.25) is 5.15 Å². The number of anilines is 1. The molecule has 3 amide bonds. The first-order chi connectivity index (χ1) is 18.3. The summed E-state index contributed by atoms with van der Waals surface area (Å²) in [6.45, 7) is 7.67. The highest BCUT2D eigenvalue weighted by molar-refractivity contribution is 6.29. The third-order valence-corrected chi connectivity index (χ3v) is 6.31. The van der Waals surface area contributed by atoms with E-state index in [0.717, 1.165) is 12.0 Å². The molecule has 202 valence electrons. The van der Waals surface area contributed by atoms with E-state index in [0.29, 0.717) is 43.7 Å². The lowest BCUT2D eigenvalue weighted by atomic mass is 10.1. The number of urea groups is 1. The van der Waals surface area contributed by atoms with Crippen molar-refractivity contribution in [3.05, 3.63) is 59.8 Å². The molecule has 2 aromatic heterocycles. The van der Waals surface area contributed by atoms with Gasteiger partial charge in [0.2, 0.25) is 11.9 Å². The smallest absolute Gasteiger partial charge is 0.317 e. The Kier molecular flexibility index (Phi) is 9.01. The molecule has 1 aliphatic rings. The minimum absolute atomic E-state index is 0.126. The molecule has 0 radical (unpaired) electrons. The summed E-state index contributed by atoms with van der Waals surface area (Å²) in [5.74, 6) is 1.41. The van der Waals surface area contributed by atoms with Crippen LogP contribution in [0.3, 0.4) is 0 Å². The van der Waals surface area contributed by atoms with Crippen molar-refractivity contribution in [2.24, 2.45) is 0 Å². The van der Waals surface area contributed by atoms with Crippen LogP contribution in [0.1, 0.15) is 32.3 Å². The number of halogens is 1. The lowest BCUT2D eigenvalue weighted by molar-refractivity contribution is -0.123. The van der Waals surface area contributed by atoms with Crippen LogP contribution in [0.5, 0.6) is 5.75 Å². The molecule has 0 spiro atoms. The van der Waals surface area contributed by atoms with E-state index in [-0.39, 0.29) is 29.6 Å². The summed E-state index contributed by atoms with van der Waals surface area (Å²) in [4.78, 5) is 42.6. The van der Waals surface area contributed by atoms with Crippen LogP contribution < -0.4 is 20.3 Å². The summed E-state index contributed by atoms with van der Waals surface area (Å²) in [5.41, 5.74) is 1.12. The monoisotopic (exact) mass is 540 g/mol. The van der Waals surface area contributed by atoms with Gasteiger partial charge in [0.15, 0.2) is 6.23 Å². The van der Waals surface area contributed by atoms with Gasteiger partial charge in [-0.15, -0.1) is 0 Å². The summed E-state index contributed by atoms with van der Waals surface area (Å²) >= 11 is 6.35. The third kappa shape index (κ3) is 7.12. The minimum Gasteiger partial charge on any atom is -0.471 e. The fourth-order valence-electron chi connectivity index (χ4n) is 4.24. The van der Waals surface area contributed by atoms with Gasteiger partial charge in [-0.1, -0.05) is 36.2 Å². The van der Waals surface area contributed by atoms with Gasteiger partial charge in [-0.25, -0.2) is 14.8 Å². The van der Waals surface area contributed by atoms with Crippen LogP contribution in [-0.2, 0) is 4.79 Å². The molecule has 0 aliphatic carbocycles. The quantitative estimate of drug-likeness (QED) is 0.316. The highest BCUT2D eigenvalue weighted by Gasteiger charge is 2.32. The highest BCUT2D eigenvalue weighted by Crippen LogP contribution is 2.24. The highest BCUT2D eigenvalue weighted by atomic mass is 35.5. The number of ether oxygens (including phenoxy) is 1. The molecule has 0 saturated carbocycles. The molecule has 2 unspecified atom stereocenters. The van der Waals surface area contributed by atoms with Crippen LogP contribution in [0.25, 0.3) is 5.95 Å². The maximum absolute atomic E-state index is 13.1. The second kappa shape index (κ2) is 12.6. The number of imidazole rings is 1. The van der Waals surface area contributed by atoms with E-state index in [1.807, 2.05) is 43.0 Å². The number of nitrogens with zero attached hydrogens (tertiary/aromatic N) is 6. The van der Waals surface area contributed by atoms with Crippen molar-refractivity contribution >= 4 is 29.4 Å². The number of benzene rings is 1. The Hall–Kier alpha value is -3.86. The van der Waals surface area contributed by atoms with E-state index in [1.165, 1.54) is 0 Å². The van der Waals surface area contributed by atoms with Crippen molar-refractivity contribution in [1.82, 2.24) is 35.1 Å². The van der Waals surface area contributed by atoms with Gasteiger partial charge in [0.25, 0.3) is 0 Å². The number of carbonyl (C=O) groups excluding carboxylic acids is 2. The maximum Gasteiger partial charge on any atom is 0.317 e. The predicted octanol–water partition coefficient (Wildman–Crippen LogP) is 3.17. The average Bonchev–Trinajstić information content (AvgIpc) is 3.43. The normalized spacial score (nSPS) is 16.2. The molecule has 3 aromatic rings. The molecular formula is C26H33ClN8O3. The Bertz CT molecular complexity index is 1220. The molecule has 4 rings (SSSR count). The van der Waals surface area contributed by atoms with Crippen LogP contribution in [0.15, 0.2) is 49.1 Å².